The van der Waals surface area contributed by atoms with E-state index in [4.69, 9.17) is 11.5 Å². The van der Waals surface area contributed by atoms with Gasteiger partial charge >= 0.3 is 0 Å². The van der Waals surface area contributed by atoms with Crippen LogP contribution in [-0.4, -0.2) is 36.6 Å². The number of amidine groups is 2. The first-order valence-corrected chi connectivity index (χ1v) is 14.9. The van der Waals surface area contributed by atoms with Crippen LogP contribution in [0.4, 0.5) is 11.4 Å². The third kappa shape index (κ3) is 11.9. The summed E-state index contributed by atoms with van der Waals surface area (Å²) in [5.74, 6) is 0.459. The predicted octanol–water partition coefficient (Wildman–Crippen LogP) is 7.18. The van der Waals surface area contributed by atoms with Crippen LogP contribution in [0.15, 0.2) is 82.8 Å². The molecule has 0 aliphatic heterocycles. The van der Waals surface area contributed by atoms with Crippen molar-refractivity contribution in [2.45, 2.75) is 65.2 Å². The molecule has 0 spiro atoms. The molecular formula is C34H45ClN6O2. The fraction of sp³-hybridized carbons (Fsp3) is 0.353. The topological polar surface area (TPSA) is 135 Å². The Balaban J connectivity index is 0.00000645. The lowest BCUT2D eigenvalue weighted by Crippen LogP contribution is -2.16. The van der Waals surface area contributed by atoms with E-state index in [0.717, 1.165) is 36.8 Å². The minimum absolute atomic E-state index is 0. The number of nitrogens with one attached hydrogen (secondary N) is 2. The Morgan fingerprint density at radius 3 is 1.19 bits per heavy atom. The average molecular weight is 605 g/mol. The van der Waals surface area contributed by atoms with Crippen molar-refractivity contribution in [3.63, 3.8) is 0 Å². The van der Waals surface area contributed by atoms with Gasteiger partial charge in [-0.25, -0.2) is 0 Å². The molecule has 2 amide bonds. The van der Waals surface area contributed by atoms with Crippen molar-refractivity contribution in [3.05, 3.63) is 95.1 Å². The Morgan fingerprint density at radius 1 is 0.535 bits per heavy atom. The number of halogens is 1. The fourth-order valence-corrected chi connectivity index (χ4v) is 4.29. The minimum Gasteiger partial charge on any atom is -0.384 e. The summed E-state index contributed by atoms with van der Waals surface area (Å²) in [5.41, 5.74) is 16.0. The lowest BCUT2D eigenvalue weighted by Gasteiger charge is -2.09. The lowest BCUT2D eigenvalue weighted by molar-refractivity contribution is 0.101. The highest BCUT2D eigenvalue weighted by Gasteiger charge is 2.11. The van der Waals surface area contributed by atoms with Gasteiger partial charge in [0.15, 0.2) is 0 Å². The maximum atomic E-state index is 12.8. The standard InChI is InChI=1S/C34H44N6O2.ClH/c1-3-5-7-9-23-37-31(35)25-15-19-29(20-16-25)39-33(41)27-11-13-28(14-12-27)34(42)40-30-21-17-26(18-22-30)32(36)38-24-10-8-6-4-2;/h11-22H,3-10,23-24H2,1-2H3,(H2,35,37)(H2,36,38)(H,39,41)(H,40,42);1H. The molecule has 6 N–H and O–H groups in total. The Labute approximate surface area is 261 Å². The summed E-state index contributed by atoms with van der Waals surface area (Å²) in [6.45, 7) is 5.79. The smallest absolute Gasteiger partial charge is 0.255 e. The van der Waals surface area contributed by atoms with E-state index in [1.165, 1.54) is 25.7 Å². The zero-order valence-electron chi connectivity index (χ0n) is 25.3. The molecule has 8 nitrogen and oxygen atoms in total. The SMILES string of the molecule is CCCCCCN=C(N)c1ccc(NC(=O)c2ccc(C(=O)Nc3ccc(C(N)=NCCCCCC)cc3)cc2)cc1.Cl. The highest BCUT2D eigenvalue weighted by Crippen LogP contribution is 2.15. The summed E-state index contributed by atoms with van der Waals surface area (Å²) >= 11 is 0. The molecule has 0 aliphatic rings. The summed E-state index contributed by atoms with van der Waals surface area (Å²) in [5, 5.41) is 5.75. The van der Waals surface area contributed by atoms with Gasteiger partial charge in [0.2, 0.25) is 0 Å². The van der Waals surface area contributed by atoms with Gasteiger partial charge in [-0.15, -0.1) is 12.4 Å². The van der Waals surface area contributed by atoms with E-state index in [9.17, 15) is 9.59 Å². The van der Waals surface area contributed by atoms with Gasteiger partial charge in [0.25, 0.3) is 11.8 Å². The number of hydrogen-bond acceptors (Lipinski definition) is 4. The summed E-state index contributed by atoms with van der Waals surface area (Å²) in [6, 6.07) is 21.1. The van der Waals surface area contributed by atoms with Crippen LogP contribution in [0.3, 0.4) is 0 Å². The first-order chi connectivity index (χ1) is 20.4. The number of amides is 2. The lowest BCUT2D eigenvalue weighted by atomic mass is 10.1. The molecule has 0 aromatic heterocycles. The van der Waals surface area contributed by atoms with Gasteiger partial charge in [-0.05, 0) is 85.6 Å². The highest BCUT2D eigenvalue weighted by atomic mass is 35.5. The normalized spacial score (nSPS) is 11.5. The van der Waals surface area contributed by atoms with Crippen molar-refractivity contribution in [1.82, 2.24) is 0 Å². The van der Waals surface area contributed by atoms with E-state index in [-0.39, 0.29) is 24.2 Å². The number of benzene rings is 3. The second-order valence-electron chi connectivity index (χ2n) is 10.3. The summed E-state index contributed by atoms with van der Waals surface area (Å²) in [4.78, 5) is 34.4. The van der Waals surface area contributed by atoms with Crippen LogP contribution in [0.2, 0.25) is 0 Å². The van der Waals surface area contributed by atoms with Gasteiger partial charge in [0.05, 0.1) is 0 Å². The van der Waals surface area contributed by atoms with Crippen LogP contribution in [0.25, 0.3) is 0 Å². The molecule has 0 radical (unpaired) electrons. The molecule has 3 aromatic rings. The number of unbranched alkanes of at least 4 members (excludes halogenated alkanes) is 6. The van der Waals surface area contributed by atoms with Crippen LogP contribution in [0.1, 0.15) is 97.1 Å². The maximum absolute atomic E-state index is 12.8. The molecule has 0 saturated carbocycles. The van der Waals surface area contributed by atoms with E-state index in [0.29, 0.717) is 47.3 Å². The molecule has 3 aromatic carbocycles. The van der Waals surface area contributed by atoms with Gasteiger partial charge in [0.1, 0.15) is 11.7 Å². The Bertz CT molecular complexity index is 1230. The van der Waals surface area contributed by atoms with Crippen molar-refractivity contribution in [2.75, 3.05) is 23.7 Å². The van der Waals surface area contributed by atoms with Crippen molar-refractivity contribution >= 4 is 47.3 Å². The van der Waals surface area contributed by atoms with Crippen LogP contribution in [0, 0.1) is 0 Å². The second kappa shape index (κ2) is 19.1. The zero-order chi connectivity index (χ0) is 30.2. The van der Waals surface area contributed by atoms with E-state index in [2.05, 4.69) is 34.5 Å². The molecule has 0 saturated heterocycles. The minimum atomic E-state index is -0.271. The molecule has 9 heteroatoms. The molecule has 0 bridgehead atoms. The number of aliphatic imine (C=N–C) groups is 2. The molecule has 3 rings (SSSR count). The van der Waals surface area contributed by atoms with Crippen LogP contribution in [0.5, 0.6) is 0 Å². The van der Waals surface area contributed by atoms with Crippen LogP contribution < -0.4 is 22.1 Å². The highest BCUT2D eigenvalue weighted by molar-refractivity contribution is 6.07. The number of nitrogens with two attached hydrogens (primary N) is 2. The van der Waals surface area contributed by atoms with Crippen molar-refractivity contribution < 1.29 is 9.59 Å². The molecule has 0 fully saturated rings. The summed E-state index contributed by atoms with van der Waals surface area (Å²) in [7, 11) is 0. The summed E-state index contributed by atoms with van der Waals surface area (Å²) in [6.07, 6.45) is 9.16. The fourth-order valence-electron chi connectivity index (χ4n) is 4.29. The third-order valence-corrected chi connectivity index (χ3v) is 6.87. The van der Waals surface area contributed by atoms with Gasteiger partial charge in [-0.3, -0.25) is 19.6 Å². The Kier molecular flexibility index (Phi) is 15.6. The molecule has 0 heterocycles. The molecule has 0 unspecified atom stereocenters. The summed E-state index contributed by atoms with van der Waals surface area (Å²) < 4.78 is 0. The zero-order valence-corrected chi connectivity index (χ0v) is 26.1. The number of nitrogens with zero attached hydrogens (tertiary/aromatic N) is 2. The third-order valence-electron chi connectivity index (χ3n) is 6.87. The Morgan fingerprint density at radius 2 is 0.860 bits per heavy atom. The Hall–Kier alpha value is -4.17. The maximum Gasteiger partial charge on any atom is 0.255 e. The van der Waals surface area contributed by atoms with E-state index >= 15 is 0 Å². The van der Waals surface area contributed by atoms with Gasteiger partial charge in [0, 0.05) is 46.7 Å². The largest absolute Gasteiger partial charge is 0.384 e. The van der Waals surface area contributed by atoms with E-state index < -0.39 is 0 Å². The van der Waals surface area contributed by atoms with E-state index in [1.54, 1.807) is 48.5 Å². The second-order valence-corrected chi connectivity index (χ2v) is 10.3. The molecular weight excluding hydrogens is 560 g/mol. The number of carbonyl (C=O) groups is 2. The number of anilines is 2. The predicted molar refractivity (Wildman–Crippen MR) is 182 cm³/mol. The van der Waals surface area contributed by atoms with Gasteiger partial charge in [-0.1, -0.05) is 52.4 Å². The number of hydrogen-bond donors (Lipinski definition) is 4. The average Bonchev–Trinajstić information content (AvgIpc) is 3.01. The molecule has 0 atom stereocenters. The molecule has 0 aliphatic carbocycles. The van der Waals surface area contributed by atoms with Gasteiger partial charge in [-0.2, -0.15) is 0 Å². The van der Waals surface area contributed by atoms with Crippen molar-refractivity contribution in [3.8, 4) is 0 Å². The molecule has 230 valence electrons. The molecule has 43 heavy (non-hydrogen) atoms. The van der Waals surface area contributed by atoms with Gasteiger partial charge < -0.3 is 22.1 Å². The van der Waals surface area contributed by atoms with Crippen molar-refractivity contribution in [2.24, 2.45) is 21.5 Å². The monoisotopic (exact) mass is 604 g/mol. The number of carbonyl (C=O) groups excluding carboxylic acids is 2. The quantitative estimate of drug-likeness (QED) is 0.0782. The van der Waals surface area contributed by atoms with Crippen molar-refractivity contribution in [1.29, 1.82) is 0 Å². The van der Waals surface area contributed by atoms with Crippen LogP contribution >= 0.6 is 12.4 Å². The number of rotatable bonds is 16. The van der Waals surface area contributed by atoms with Crippen LogP contribution in [-0.2, 0) is 0 Å². The van der Waals surface area contributed by atoms with E-state index in [1.807, 2.05) is 24.3 Å². The first kappa shape index (κ1) is 35.0. The first-order valence-electron chi connectivity index (χ1n) is 14.9.